The van der Waals surface area contributed by atoms with E-state index in [1.165, 1.54) is 6.20 Å². The van der Waals surface area contributed by atoms with Gasteiger partial charge in [0, 0.05) is 17.9 Å². The summed E-state index contributed by atoms with van der Waals surface area (Å²) in [6.07, 6.45) is 3.11. The molecule has 0 amide bonds. The third kappa shape index (κ3) is 2.72. The van der Waals surface area contributed by atoms with Gasteiger partial charge in [-0.05, 0) is 33.8 Å². The Morgan fingerprint density at radius 3 is 2.26 bits per heavy atom. The molecular formula is C12H17BClNO3S. The minimum atomic E-state index is -1.18. The van der Waals surface area contributed by atoms with Crippen molar-refractivity contribution in [3.8, 4) is 0 Å². The molecule has 0 radical (unpaired) electrons. The maximum atomic E-state index is 11.8. The first-order chi connectivity index (χ1) is 8.64. The molecular weight excluding hydrogens is 284 g/mol. The van der Waals surface area contributed by atoms with Crippen LogP contribution in [-0.4, -0.2) is 33.8 Å². The Balaban J connectivity index is 2.44. The van der Waals surface area contributed by atoms with Gasteiger partial charge in [-0.25, -0.2) is 4.98 Å². The number of aromatic nitrogens is 1. The highest BCUT2D eigenvalue weighted by molar-refractivity contribution is 7.84. The Labute approximate surface area is 121 Å². The summed E-state index contributed by atoms with van der Waals surface area (Å²) in [5, 5.41) is 0.332. The molecule has 2 rings (SSSR count). The van der Waals surface area contributed by atoms with Gasteiger partial charge < -0.3 is 9.31 Å². The Morgan fingerprint density at radius 1 is 1.26 bits per heavy atom. The molecule has 0 aromatic carbocycles. The number of hydrogen-bond donors (Lipinski definition) is 0. The normalized spacial score (nSPS) is 22.5. The fraction of sp³-hybridized carbons (Fsp3) is 0.583. The van der Waals surface area contributed by atoms with Crippen LogP contribution in [0.15, 0.2) is 17.2 Å². The van der Waals surface area contributed by atoms with Gasteiger partial charge in [0.15, 0.2) is 0 Å². The first-order valence-corrected chi connectivity index (χ1v) is 7.92. The van der Waals surface area contributed by atoms with Crippen LogP contribution in [0.2, 0.25) is 5.15 Å². The van der Waals surface area contributed by atoms with E-state index in [0.717, 1.165) is 0 Å². The quantitative estimate of drug-likeness (QED) is 0.617. The van der Waals surface area contributed by atoms with E-state index in [-0.39, 0.29) is 0 Å². The fourth-order valence-corrected chi connectivity index (χ4v) is 2.68. The van der Waals surface area contributed by atoms with Crippen LogP contribution >= 0.6 is 11.6 Å². The van der Waals surface area contributed by atoms with Gasteiger partial charge in [-0.1, -0.05) is 11.6 Å². The molecule has 0 N–H and O–H groups in total. The van der Waals surface area contributed by atoms with E-state index in [0.29, 0.717) is 15.5 Å². The molecule has 0 spiro atoms. The van der Waals surface area contributed by atoms with Crippen LogP contribution in [0.4, 0.5) is 0 Å². The smallest absolute Gasteiger partial charge is 0.399 e. The summed E-state index contributed by atoms with van der Waals surface area (Å²) >= 11 is 5.92. The van der Waals surface area contributed by atoms with E-state index in [1.807, 2.05) is 27.7 Å². The minimum Gasteiger partial charge on any atom is -0.399 e. The predicted molar refractivity (Wildman–Crippen MR) is 77.3 cm³/mol. The van der Waals surface area contributed by atoms with Gasteiger partial charge in [0.2, 0.25) is 0 Å². The summed E-state index contributed by atoms with van der Waals surface area (Å²) in [5.74, 6) is 0. The van der Waals surface area contributed by atoms with E-state index in [4.69, 9.17) is 20.9 Å². The average Bonchev–Trinajstić information content (AvgIpc) is 2.47. The summed E-state index contributed by atoms with van der Waals surface area (Å²) in [6, 6.07) is 1.65. The molecule has 0 bridgehead atoms. The SMILES string of the molecule is CS(=O)c1cnc(Cl)cc1B1OC(C)(C)C(C)(C)O1. The highest BCUT2D eigenvalue weighted by Gasteiger charge is 2.52. The number of pyridine rings is 1. The maximum absolute atomic E-state index is 11.8. The van der Waals surface area contributed by atoms with E-state index >= 15 is 0 Å². The summed E-state index contributed by atoms with van der Waals surface area (Å²) in [6.45, 7) is 7.88. The van der Waals surface area contributed by atoms with E-state index in [1.54, 1.807) is 12.3 Å². The van der Waals surface area contributed by atoms with E-state index in [9.17, 15) is 4.21 Å². The van der Waals surface area contributed by atoms with Gasteiger partial charge in [0.05, 0.1) is 26.9 Å². The number of rotatable bonds is 2. The molecule has 2 heterocycles. The number of halogens is 1. The van der Waals surface area contributed by atoms with Crippen LogP contribution in [0.1, 0.15) is 27.7 Å². The zero-order valence-electron chi connectivity index (χ0n) is 11.7. The fourth-order valence-electron chi connectivity index (χ4n) is 1.83. The molecule has 1 aromatic heterocycles. The molecule has 1 saturated heterocycles. The van der Waals surface area contributed by atoms with Crippen molar-refractivity contribution in [1.29, 1.82) is 0 Å². The molecule has 0 saturated carbocycles. The molecule has 1 unspecified atom stereocenters. The molecule has 7 heteroatoms. The van der Waals surface area contributed by atoms with Crippen LogP contribution in [0.5, 0.6) is 0 Å². The number of nitrogens with zero attached hydrogens (tertiary/aromatic N) is 1. The maximum Gasteiger partial charge on any atom is 0.496 e. The first-order valence-electron chi connectivity index (χ1n) is 5.98. The molecule has 1 aromatic rings. The van der Waals surface area contributed by atoms with E-state index < -0.39 is 29.1 Å². The second kappa shape index (κ2) is 4.84. The Morgan fingerprint density at radius 2 is 1.79 bits per heavy atom. The lowest BCUT2D eigenvalue weighted by molar-refractivity contribution is 0.00578. The van der Waals surface area contributed by atoms with Gasteiger partial charge in [-0.2, -0.15) is 0 Å². The lowest BCUT2D eigenvalue weighted by atomic mass is 9.80. The van der Waals surface area contributed by atoms with Crippen LogP contribution in [0.3, 0.4) is 0 Å². The first kappa shape index (κ1) is 15.0. The molecule has 1 fully saturated rings. The highest BCUT2D eigenvalue weighted by atomic mass is 35.5. The Bertz CT molecular complexity index is 520. The second-order valence-electron chi connectivity index (χ2n) is 5.59. The van der Waals surface area contributed by atoms with Crippen molar-refractivity contribution in [2.45, 2.75) is 43.8 Å². The lowest BCUT2D eigenvalue weighted by Crippen LogP contribution is -2.41. The summed E-state index contributed by atoms with van der Waals surface area (Å²) in [7, 11) is -1.75. The van der Waals surface area contributed by atoms with Crippen molar-refractivity contribution in [1.82, 2.24) is 4.98 Å². The third-order valence-corrected chi connectivity index (χ3v) is 4.85. The molecule has 4 nitrogen and oxygen atoms in total. The average molecular weight is 302 g/mol. The zero-order valence-corrected chi connectivity index (χ0v) is 13.3. The van der Waals surface area contributed by atoms with Gasteiger partial charge in [-0.3, -0.25) is 4.21 Å². The monoisotopic (exact) mass is 301 g/mol. The largest absolute Gasteiger partial charge is 0.496 e. The molecule has 104 valence electrons. The zero-order chi connectivity index (χ0) is 14.4. The topological polar surface area (TPSA) is 48.4 Å². The van der Waals surface area contributed by atoms with Crippen molar-refractivity contribution in [3.63, 3.8) is 0 Å². The predicted octanol–water partition coefficient (Wildman–Crippen LogP) is 1.77. The molecule has 0 aliphatic carbocycles. The standard InChI is InChI=1S/C12H17BClNO3S/c1-11(2)12(3,4)18-13(17-11)8-6-10(14)15-7-9(8)19(5)16/h6-7H,1-5H3. The van der Waals surface area contributed by atoms with Gasteiger partial charge in [0.25, 0.3) is 0 Å². The Hall–Kier alpha value is -0.425. The van der Waals surface area contributed by atoms with Gasteiger partial charge >= 0.3 is 7.12 Å². The summed E-state index contributed by atoms with van der Waals surface area (Å²) in [5.41, 5.74) is -0.209. The minimum absolute atomic E-state index is 0.332. The van der Waals surface area contributed by atoms with Crippen molar-refractivity contribution in [2.24, 2.45) is 0 Å². The molecule has 1 aliphatic rings. The highest BCUT2D eigenvalue weighted by Crippen LogP contribution is 2.36. The van der Waals surface area contributed by atoms with Crippen molar-refractivity contribution in [2.75, 3.05) is 6.26 Å². The number of hydrogen-bond acceptors (Lipinski definition) is 4. The molecule has 1 aliphatic heterocycles. The second-order valence-corrected chi connectivity index (χ2v) is 7.32. The van der Waals surface area contributed by atoms with Crippen molar-refractivity contribution >= 4 is 35.0 Å². The molecule has 1 atom stereocenters. The van der Waals surface area contributed by atoms with Crippen LogP contribution in [-0.2, 0) is 20.1 Å². The van der Waals surface area contributed by atoms with Gasteiger partial charge in [-0.15, -0.1) is 0 Å². The van der Waals surface area contributed by atoms with Crippen molar-refractivity contribution < 1.29 is 13.5 Å². The summed E-state index contributed by atoms with van der Waals surface area (Å²) in [4.78, 5) is 4.55. The van der Waals surface area contributed by atoms with E-state index in [2.05, 4.69) is 4.98 Å². The van der Waals surface area contributed by atoms with Crippen molar-refractivity contribution in [3.05, 3.63) is 17.4 Å². The van der Waals surface area contributed by atoms with Crippen LogP contribution < -0.4 is 5.46 Å². The van der Waals surface area contributed by atoms with Crippen LogP contribution in [0, 0.1) is 0 Å². The Kier molecular flexibility index (Phi) is 3.82. The van der Waals surface area contributed by atoms with Crippen LogP contribution in [0.25, 0.3) is 0 Å². The summed E-state index contributed by atoms with van der Waals surface area (Å²) < 4.78 is 23.7. The lowest BCUT2D eigenvalue weighted by Gasteiger charge is -2.32. The third-order valence-electron chi connectivity index (χ3n) is 3.68. The van der Waals surface area contributed by atoms with Gasteiger partial charge in [0.1, 0.15) is 5.15 Å². The molecule has 19 heavy (non-hydrogen) atoms.